The van der Waals surface area contributed by atoms with E-state index in [1.54, 1.807) is 11.8 Å². The Hall–Kier alpha value is -2.76. The number of aryl methyl sites for hydroxylation is 1. The second kappa shape index (κ2) is 8.76. The number of nitrogens with one attached hydrogen (secondary N) is 1. The van der Waals surface area contributed by atoms with Crippen LogP contribution in [-0.4, -0.2) is 30.1 Å². The van der Waals surface area contributed by atoms with Crippen molar-refractivity contribution in [3.63, 3.8) is 0 Å². The molecule has 0 radical (unpaired) electrons. The van der Waals surface area contributed by atoms with Gasteiger partial charge in [-0.3, -0.25) is 4.79 Å². The van der Waals surface area contributed by atoms with Gasteiger partial charge in [0, 0.05) is 6.54 Å². The molecule has 128 valence electrons. The monoisotopic (exact) mass is 330 g/mol. The summed E-state index contributed by atoms with van der Waals surface area (Å²) in [6, 6.07) is 13.0. The van der Waals surface area contributed by atoms with E-state index in [0.717, 1.165) is 11.3 Å². The van der Waals surface area contributed by atoms with Gasteiger partial charge in [0.15, 0.2) is 0 Å². The number of benzene rings is 1. The summed E-state index contributed by atoms with van der Waals surface area (Å²) in [5, 5.41) is 2.59. The largest absolute Gasteiger partial charge is 0.465 e. The highest BCUT2D eigenvalue weighted by Crippen LogP contribution is 2.13. The van der Waals surface area contributed by atoms with E-state index in [4.69, 9.17) is 9.15 Å². The molecule has 0 spiro atoms. The number of carbonyl (C=O) groups excluding carboxylic acids is 2. The molecule has 0 saturated carbocycles. The number of amides is 2. The molecule has 0 bridgehead atoms. The molecule has 6 heteroatoms. The third-order valence-electron chi connectivity index (χ3n) is 3.34. The number of urea groups is 1. The van der Waals surface area contributed by atoms with Crippen LogP contribution in [0.2, 0.25) is 0 Å². The van der Waals surface area contributed by atoms with Gasteiger partial charge in [-0.1, -0.05) is 30.3 Å². The third kappa shape index (κ3) is 5.46. The van der Waals surface area contributed by atoms with Crippen molar-refractivity contribution in [2.45, 2.75) is 26.9 Å². The van der Waals surface area contributed by atoms with E-state index in [-0.39, 0.29) is 19.2 Å². The summed E-state index contributed by atoms with van der Waals surface area (Å²) in [5.41, 5.74) is 0.993. The van der Waals surface area contributed by atoms with E-state index in [0.29, 0.717) is 18.8 Å². The van der Waals surface area contributed by atoms with Crippen molar-refractivity contribution in [2.75, 3.05) is 13.2 Å². The fourth-order valence-corrected chi connectivity index (χ4v) is 2.23. The molecule has 1 heterocycles. The minimum absolute atomic E-state index is 0.158. The topological polar surface area (TPSA) is 71.8 Å². The van der Waals surface area contributed by atoms with Gasteiger partial charge in [0.25, 0.3) is 0 Å². The Morgan fingerprint density at radius 3 is 2.50 bits per heavy atom. The quantitative estimate of drug-likeness (QED) is 0.792. The number of hydrogen-bond acceptors (Lipinski definition) is 4. The summed E-state index contributed by atoms with van der Waals surface area (Å²) < 4.78 is 10.4. The Kier molecular flexibility index (Phi) is 6.42. The van der Waals surface area contributed by atoms with E-state index in [2.05, 4.69) is 5.32 Å². The molecule has 0 aliphatic rings. The first-order chi connectivity index (χ1) is 11.6. The lowest BCUT2D eigenvalue weighted by Crippen LogP contribution is -2.41. The van der Waals surface area contributed by atoms with Crippen molar-refractivity contribution in [3.8, 4) is 0 Å². The molecule has 1 aromatic heterocycles. The van der Waals surface area contributed by atoms with Gasteiger partial charge in [0.2, 0.25) is 0 Å². The fourth-order valence-electron chi connectivity index (χ4n) is 2.23. The predicted molar refractivity (Wildman–Crippen MR) is 89.2 cm³/mol. The third-order valence-corrected chi connectivity index (χ3v) is 3.34. The summed E-state index contributed by atoms with van der Waals surface area (Å²) in [5.74, 6) is 1.02. The molecule has 0 aliphatic heterocycles. The van der Waals surface area contributed by atoms with Gasteiger partial charge in [-0.05, 0) is 31.5 Å². The molecule has 1 aromatic carbocycles. The first-order valence-electron chi connectivity index (χ1n) is 7.86. The van der Waals surface area contributed by atoms with Crippen LogP contribution in [0.1, 0.15) is 24.0 Å². The van der Waals surface area contributed by atoms with Crippen molar-refractivity contribution in [1.82, 2.24) is 10.2 Å². The van der Waals surface area contributed by atoms with Crippen LogP contribution in [0.5, 0.6) is 0 Å². The number of esters is 1. The molecule has 2 aromatic rings. The van der Waals surface area contributed by atoms with Gasteiger partial charge in [-0.25, -0.2) is 4.79 Å². The van der Waals surface area contributed by atoms with Gasteiger partial charge in [0.1, 0.15) is 18.1 Å². The van der Waals surface area contributed by atoms with Crippen LogP contribution in [0.25, 0.3) is 0 Å². The van der Waals surface area contributed by atoms with Crippen LogP contribution in [0.4, 0.5) is 4.79 Å². The SMILES string of the molecule is CCOC(=O)CNC(=O)N(Cc1ccccc1)Cc1ccc(C)o1. The zero-order valence-corrected chi connectivity index (χ0v) is 14.0. The van der Waals surface area contributed by atoms with Crippen molar-refractivity contribution in [3.05, 3.63) is 59.5 Å². The lowest BCUT2D eigenvalue weighted by Gasteiger charge is -2.22. The maximum atomic E-state index is 12.4. The first-order valence-corrected chi connectivity index (χ1v) is 7.86. The van der Waals surface area contributed by atoms with Crippen LogP contribution in [-0.2, 0) is 22.6 Å². The molecule has 0 aliphatic carbocycles. The molecule has 0 saturated heterocycles. The maximum absolute atomic E-state index is 12.4. The van der Waals surface area contributed by atoms with Crippen LogP contribution in [0.3, 0.4) is 0 Å². The number of nitrogens with zero attached hydrogens (tertiary/aromatic N) is 1. The maximum Gasteiger partial charge on any atom is 0.325 e. The van der Waals surface area contributed by atoms with E-state index < -0.39 is 5.97 Å². The summed E-state index contributed by atoms with van der Waals surface area (Å²) >= 11 is 0. The van der Waals surface area contributed by atoms with Crippen molar-refractivity contribution in [1.29, 1.82) is 0 Å². The van der Waals surface area contributed by atoms with Crippen LogP contribution in [0, 0.1) is 6.92 Å². The Labute approximate surface area is 141 Å². The Balaban J connectivity index is 2.03. The summed E-state index contributed by atoms with van der Waals surface area (Å²) in [6.07, 6.45) is 0. The number of hydrogen-bond donors (Lipinski definition) is 1. The summed E-state index contributed by atoms with van der Waals surface area (Å²) in [7, 11) is 0. The summed E-state index contributed by atoms with van der Waals surface area (Å²) in [4.78, 5) is 25.4. The van der Waals surface area contributed by atoms with Gasteiger partial charge < -0.3 is 19.4 Å². The second-order valence-electron chi connectivity index (χ2n) is 5.32. The lowest BCUT2D eigenvalue weighted by molar-refractivity contribution is -0.141. The number of furan rings is 1. The van der Waals surface area contributed by atoms with E-state index in [1.807, 2.05) is 49.4 Å². The number of carbonyl (C=O) groups is 2. The predicted octanol–water partition coefficient (Wildman–Crippen LogP) is 2.86. The first kappa shape index (κ1) is 17.6. The van der Waals surface area contributed by atoms with Gasteiger partial charge in [-0.15, -0.1) is 0 Å². The zero-order chi connectivity index (χ0) is 17.4. The Morgan fingerprint density at radius 1 is 1.12 bits per heavy atom. The van der Waals surface area contributed by atoms with Crippen molar-refractivity contribution < 1.29 is 18.7 Å². The minimum Gasteiger partial charge on any atom is -0.465 e. The molecule has 2 amide bonds. The normalized spacial score (nSPS) is 10.2. The highest BCUT2D eigenvalue weighted by atomic mass is 16.5. The lowest BCUT2D eigenvalue weighted by atomic mass is 10.2. The van der Waals surface area contributed by atoms with Gasteiger partial charge in [-0.2, -0.15) is 0 Å². The molecule has 0 atom stereocenters. The zero-order valence-electron chi connectivity index (χ0n) is 14.0. The molecule has 0 unspecified atom stereocenters. The van der Waals surface area contributed by atoms with E-state index >= 15 is 0 Å². The number of ether oxygens (including phenoxy) is 1. The van der Waals surface area contributed by atoms with Crippen LogP contribution < -0.4 is 5.32 Å². The molecule has 1 N–H and O–H groups in total. The van der Waals surface area contributed by atoms with Crippen molar-refractivity contribution in [2.24, 2.45) is 0 Å². The van der Waals surface area contributed by atoms with Crippen LogP contribution in [0.15, 0.2) is 46.9 Å². The highest BCUT2D eigenvalue weighted by molar-refractivity contribution is 5.80. The molecule has 0 fully saturated rings. The van der Waals surface area contributed by atoms with Gasteiger partial charge >= 0.3 is 12.0 Å². The average molecular weight is 330 g/mol. The number of rotatable bonds is 7. The van der Waals surface area contributed by atoms with E-state index in [9.17, 15) is 9.59 Å². The van der Waals surface area contributed by atoms with Crippen molar-refractivity contribution >= 4 is 12.0 Å². The molecule has 6 nitrogen and oxygen atoms in total. The highest BCUT2D eigenvalue weighted by Gasteiger charge is 2.17. The Morgan fingerprint density at radius 2 is 1.88 bits per heavy atom. The average Bonchev–Trinajstić information content (AvgIpc) is 2.98. The summed E-state index contributed by atoms with van der Waals surface area (Å²) in [6.45, 7) is 4.43. The van der Waals surface area contributed by atoms with E-state index in [1.165, 1.54) is 0 Å². The molecular formula is C18H22N2O4. The fraction of sp³-hybridized carbons (Fsp3) is 0.333. The molecule has 2 rings (SSSR count). The minimum atomic E-state index is -0.459. The van der Waals surface area contributed by atoms with Crippen LogP contribution >= 0.6 is 0 Å². The Bertz CT molecular complexity index is 667. The molecule has 24 heavy (non-hydrogen) atoms. The second-order valence-corrected chi connectivity index (χ2v) is 5.32. The smallest absolute Gasteiger partial charge is 0.325 e. The van der Waals surface area contributed by atoms with Gasteiger partial charge in [0.05, 0.1) is 13.2 Å². The molecular weight excluding hydrogens is 308 g/mol. The standard InChI is InChI=1S/C18H22N2O4/c1-3-23-17(21)11-19-18(22)20(12-15-7-5-4-6-8-15)13-16-10-9-14(2)24-16/h4-10H,3,11-13H2,1-2H3,(H,19,22).